The van der Waals surface area contributed by atoms with Gasteiger partial charge in [0.1, 0.15) is 0 Å². The Morgan fingerprint density at radius 3 is 2.25 bits per heavy atom. The van der Waals surface area contributed by atoms with Gasteiger partial charge in [0.2, 0.25) is 0 Å². The lowest BCUT2D eigenvalue weighted by molar-refractivity contribution is 0.315. The standard InChI is InChI=1S/C15H14Cl3NO/c16-11-9-13(17)15(14(18)10-11)20-8-4-7-19-12-5-2-1-3-6-12/h1-3,5-6,9-10,19H,4,7-8H2. The molecule has 0 aromatic heterocycles. The van der Waals surface area contributed by atoms with Crippen LogP contribution in [0.2, 0.25) is 15.1 Å². The van der Waals surface area contributed by atoms with E-state index in [-0.39, 0.29) is 0 Å². The van der Waals surface area contributed by atoms with Gasteiger partial charge in [0.15, 0.2) is 5.75 Å². The molecule has 2 aromatic rings. The maximum Gasteiger partial charge on any atom is 0.156 e. The number of rotatable bonds is 6. The molecule has 0 radical (unpaired) electrons. The molecule has 0 aliphatic rings. The van der Waals surface area contributed by atoms with Gasteiger partial charge in [0.25, 0.3) is 0 Å². The summed E-state index contributed by atoms with van der Waals surface area (Å²) in [5, 5.41) is 4.66. The number of hydrogen-bond acceptors (Lipinski definition) is 2. The molecule has 2 aromatic carbocycles. The summed E-state index contributed by atoms with van der Waals surface area (Å²) in [6.07, 6.45) is 0.837. The van der Waals surface area contributed by atoms with Crippen LogP contribution in [-0.4, -0.2) is 13.2 Å². The van der Waals surface area contributed by atoms with Crippen molar-refractivity contribution in [2.24, 2.45) is 0 Å². The van der Waals surface area contributed by atoms with E-state index in [0.29, 0.717) is 27.4 Å². The Morgan fingerprint density at radius 1 is 0.950 bits per heavy atom. The van der Waals surface area contributed by atoms with E-state index in [1.54, 1.807) is 12.1 Å². The summed E-state index contributed by atoms with van der Waals surface area (Å²) in [6, 6.07) is 13.2. The van der Waals surface area contributed by atoms with Gasteiger partial charge in [-0.25, -0.2) is 0 Å². The SMILES string of the molecule is Clc1cc(Cl)c(OCCCNc2ccccc2)c(Cl)c1. The highest BCUT2D eigenvalue weighted by Crippen LogP contribution is 2.35. The monoisotopic (exact) mass is 329 g/mol. The Hall–Kier alpha value is -1.09. The summed E-state index contributed by atoms with van der Waals surface area (Å²) in [7, 11) is 0. The Kier molecular flexibility index (Phi) is 5.84. The molecule has 0 unspecified atom stereocenters. The predicted octanol–water partition coefficient (Wildman–Crippen LogP) is 5.53. The zero-order chi connectivity index (χ0) is 14.4. The lowest BCUT2D eigenvalue weighted by Gasteiger charge is -2.11. The lowest BCUT2D eigenvalue weighted by Crippen LogP contribution is -2.07. The van der Waals surface area contributed by atoms with E-state index in [4.69, 9.17) is 39.5 Å². The van der Waals surface area contributed by atoms with Gasteiger partial charge in [-0.1, -0.05) is 53.0 Å². The topological polar surface area (TPSA) is 21.3 Å². The minimum atomic E-state index is 0.429. The van der Waals surface area contributed by atoms with Crippen molar-refractivity contribution in [1.29, 1.82) is 0 Å². The first-order valence-corrected chi connectivity index (χ1v) is 7.36. The second-order valence-electron chi connectivity index (χ2n) is 4.19. The van der Waals surface area contributed by atoms with Crippen LogP contribution >= 0.6 is 34.8 Å². The molecule has 0 saturated carbocycles. The van der Waals surface area contributed by atoms with Crippen molar-refractivity contribution in [1.82, 2.24) is 0 Å². The summed E-state index contributed by atoms with van der Waals surface area (Å²) >= 11 is 17.9. The number of para-hydroxylation sites is 1. The number of anilines is 1. The second kappa shape index (κ2) is 7.63. The fourth-order valence-corrected chi connectivity index (χ4v) is 2.63. The molecule has 0 spiro atoms. The molecule has 2 rings (SSSR count). The van der Waals surface area contributed by atoms with Crippen LogP contribution in [0.15, 0.2) is 42.5 Å². The molecule has 0 atom stereocenters. The summed E-state index contributed by atoms with van der Waals surface area (Å²) in [6.45, 7) is 1.34. The van der Waals surface area contributed by atoms with Gasteiger partial charge < -0.3 is 10.1 Å². The van der Waals surface area contributed by atoms with Crippen LogP contribution in [0.5, 0.6) is 5.75 Å². The quantitative estimate of drug-likeness (QED) is 0.703. The van der Waals surface area contributed by atoms with E-state index < -0.39 is 0 Å². The number of hydrogen-bond donors (Lipinski definition) is 1. The third kappa shape index (κ3) is 4.48. The fourth-order valence-electron chi connectivity index (χ4n) is 1.70. The zero-order valence-corrected chi connectivity index (χ0v) is 13.0. The first-order chi connectivity index (χ1) is 9.66. The molecule has 2 nitrogen and oxygen atoms in total. The number of nitrogens with one attached hydrogen (secondary N) is 1. The first-order valence-electron chi connectivity index (χ1n) is 6.23. The van der Waals surface area contributed by atoms with Crippen molar-refractivity contribution in [2.45, 2.75) is 6.42 Å². The van der Waals surface area contributed by atoms with Crippen molar-refractivity contribution in [3.8, 4) is 5.75 Å². The Labute approximate surface area is 133 Å². The summed E-state index contributed by atoms with van der Waals surface area (Å²) in [5.41, 5.74) is 1.09. The molecule has 20 heavy (non-hydrogen) atoms. The van der Waals surface area contributed by atoms with Gasteiger partial charge in [-0.15, -0.1) is 0 Å². The van der Waals surface area contributed by atoms with E-state index >= 15 is 0 Å². The van der Waals surface area contributed by atoms with Crippen LogP contribution in [-0.2, 0) is 0 Å². The maximum atomic E-state index is 6.03. The molecule has 0 heterocycles. The molecule has 0 saturated heterocycles. The highest BCUT2D eigenvalue weighted by Gasteiger charge is 2.08. The molecule has 0 bridgehead atoms. The van der Waals surface area contributed by atoms with Gasteiger partial charge in [-0.2, -0.15) is 0 Å². The minimum Gasteiger partial charge on any atom is -0.490 e. The minimum absolute atomic E-state index is 0.429. The third-order valence-electron chi connectivity index (χ3n) is 2.63. The molecule has 0 aliphatic carbocycles. The van der Waals surface area contributed by atoms with Crippen molar-refractivity contribution in [3.05, 3.63) is 57.5 Å². The van der Waals surface area contributed by atoms with Gasteiger partial charge in [0.05, 0.1) is 16.7 Å². The van der Waals surface area contributed by atoms with E-state index in [0.717, 1.165) is 18.7 Å². The normalized spacial score (nSPS) is 10.3. The molecular formula is C15H14Cl3NO. The van der Waals surface area contributed by atoms with Crippen LogP contribution < -0.4 is 10.1 Å². The average molecular weight is 331 g/mol. The van der Waals surface area contributed by atoms with Crippen LogP contribution in [0.25, 0.3) is 0 Å². The van der Waals surface area contributed by atoms with E-state index in [2.05, 4.69) is 5.32 Å². The molecule has 0 amide bonds. The van der Waals surface area contributed by atoms with Gasteiger partial charge in [0, 0.05) is 17.3 Å². The summed E-state index contributed by atoms with van der Waals surface area (Å²) in [5.74, 6) is 0.484. The number of ether oxygens (including phenoxy) is 1. The Bertz CT molecular complexity index is 537. The molecular weight excluding hydrogens is 317 g/mol. The Balaban J connectivity index is 1.76. The number of halogens is 3. The zero-order valence-electron chi connectivity index (χ0n) is 10.7. The van der Waals surface area contributed by atoms with Crippen LogP contribution in [0.3, 0.4) is 0 Å². The number of benzene rings is 2. The highest BCUT2D eigenvalue weighted by molar-refractivity contribution is 6.40. The van der Waals surface area contributed by atoms with Crippen molar-refractivity contribution in [2.75, 3.05) is 18.5 Å². The second-order valence-corrected chi connectivity index (χ2v) is 5.44. The maximum absolute atomic E-state index is 6.03. The van der Waals surface area contributed by atoms with E-state index in [1.807, 2.05) is 30.3 Å². The lowest BCUT2D eigenvalue weighted by atomic mass is 10.3. The summed E-state index contributed by atoms with van der Waals surface area (Å²) < 4.78 is 5.60. The van der Waals surface area contributed by atoms with Crippen molar-refractivity contribution in [3.63, 3.8) is 0 Å². The van der Waals surface area contributed by atoms with E-state index in [1.165, 1.54) is 0 Å². The van der Waals surface area contributed by atoms with E-state index in [9.17, 15) is 0 Å². The average Bonchev–Trinajstić information content (AvgIpc) is 2.42. The molecule has 106 valence electrons. The van der Waals surface area contributed by atoms with Crippen molar-refractivity contribution < 1.29 is 4.74 Å². The first kappa shape index (κ1) is 15.3. The fraction of sp³-hybridized carbons (Fsp3) is 0.200. The molecule has 5 heteroatoms. The Morgan fingerprint density at radius 2 is 1.60 bits per heavy atom. The van der Waals surface area contributed by atoms with Gasteiger partial charge >= 0.3 is 0 Å². The van der Waals surface area contributed by atoms with Crippen LogP contribution in [0.1, 0.15) is 6.42 Å². The van der Waals surface area contributed by atoms with Gasteiger partial charge in [-0.3, -0.25) is 0 Å². The smallest absolute Gasteiger partial charge is 0.156 e. The van der Waals surface area contributed by atoms with Crippen molar-refractivity contribution >= 4 is 40.5 Å². The van der Waals surface area contributed by atoms with Gasteiger partial charge in [-0.05, 0) is 30.7 Å². The highest BCUT2D eigenvalue weighted by atomic mass is 35.5. The molecule has 0 aliphatic heterocycles. The predicted molar refractivity (Wildman–Crippen MR) is 86.5 cm³/mol. The van der Waals surface area contributed by atoms with Crippen LogP contribution in [0, 0.1) is 0 Å². The molecule has 0 fully saturated rings. The largest absolute Gasteiger partial charge is 0.490 e. The molecule has 1 N–H and O–H groups in total. The third-order valence-corrected chi connectivity index (χ3v) is 3.41. The summed E-state index contributed by atoms with van der Waals surface area (Å²) in [4.78, 5) is 0. The van der Waals surface area contributed by atoms with Crippen LogP contribution in [0.4, 0.5) is 5.69 Å².